The summed E-state index contributed by atoms with van der Waals surface area (Å²) >= 11 is 7.33. The number of halogens is 1. The van der Waals surface area contributed by atoms with Crippen LogP contribution in [0.25, 0.3) is 0 Å². The maximum Gasteiger partial charge on any atom is 0.174 e. The molecule has 0 spiro atoms. The highest BCUT2D eigenvalue weighted by molar-refractivity contribution is 6.26. The molecule has 2 N–H and O–H groups in total. The number of H-pyrrole nitrogens is 1. The zero-order valence-corrected chi connectivity index (χ0v) is 16.9. The summed E-state index contributed by atoms with van der Waals surface area (Å²) in [7, 11) is 0. The van der Waals surface area contributed by atoms with E-state index in [9.17, 15) is 10.4 Å². The average molecular weight is 409 g/mol. The first-order valence-corrected chi connectivity index (χ1v) is 9.65. The van der Waals surface area contributed by atoms with Gasteiger partial charge in [-0.1, -0.05) is 29.8 Å². The Morgan fingerprint density at radius 1 is 1.28 bits per heavy atom. The standard InChI is InChI=1S/C22H21ClN4O2/c1-21(2)20(28)22(23,17-12-15(13-24)8-9-18(17)29-21)27(14-19-25-10-11-26-19)16-6-4-3-5-7-16/h3-12,20,28H,14H2,1-2H3,(H,25,26). The molecule has 7 heteroatoms. The fourth-order valence-corrected chi connectivity index (χ4v) is 4.31. The van der Waals surface area contributed by atoms with Crippen molar-refractivity contribution in [1.29, 1.82) is 5.26 Å². The lowest BCUT2D eigenvalue weighted by molar-refractivity contribution is -0.0701. The Labute approximate surface area is 174 Å². The van der Waals surface area contributed by atoms with Crippen molar-refractivity contribution in [3.05, 3.63) is 77.9 Å². The number of ether oxygens (including phenoxy) is 1. The Hall–Kier alpha value is -3.01. The number of rotatable bonds is 4. The van der Waals surface area contributed by atoms with Crippen LogP contribution in [-0.4, -0.2) is 26.8 Å². The van der Waals surface area contributed by atoms with E-state index in [1.165, 1.54) is 0 Å². The molecule has 0 amide bonds. The molecule has 6 nitrogen and oxygen atoms in total. The molecule has 2 heterocycles. The largest absolute Gasteiger partial charge is 0.485 e. The fourth-order valence-electron chi connectivity index (χ4n) is 3.74. The van der Waals surface area contributed by atoms with Crippen molar-refractivity contribution >= 4 is 17.3 Å². The molecule has 2 atom stereocenters. The molecule has 0 fully saturated rings. The van der Waals surface area contributed by atoms with E-state index < -0.39 is 16.7 Å². The smallest absolute Gasteiger partial charge is 0.174 e. The molecule has 0 saturated heterocycles. The van der Waals surface area contributed by atoms with Crippen LogP contribution in [0, 0.1) is 11.3 Å². The van der Waals surface area contributed by atoms with Gasteiger partial charge in [0, 0.05) is 23.6 Å². The second-order valence-corrected chi connectivity index (χ2v) is 8.14. The van der Waals surface area contributed by atoms with Crippen molar-refractivity contribution in [2.24, 2.45) is 0 Å². The first-order valence-electron chi connectivity index (χ1n) is 9.28. The number of aromatic nitrogens is 2. The van der Waals surface area contributed by atoms with Crippen LogP contribution in [0.15, 0.2) is 60.9 Å². The summed E-state index contributed by atoms with van der Waals surface area (Å²) in [6.07, 6.45) is 2.31. The van der Waals surface area contributed by atoms with E-state index in [1.807, 2.05) is 35.2 Å². The zero-order valence-electron chi connectivity index (χ0n) is 16.1. The van der Waals surface area contributed by atoms with Crippen LogP contribution in [0.5, 0.6) is 5.75 Å². The highest BCUT2D eigenvalue weighted by Crippen LogP contribution is 2.51. The Balaban J connectivity index is 1.95. The molecule has 0 bridgehead atoms. The highest BCUT2D eigenvalue weighted by atomic mass is 35.5. The SMILES string of the molecule is CC1(C)Oc2ccc(C#N)cc2C(Cl)(N(Cc2ncc[nH]2)c2ccccc2)C1O. The minimum atomic E-state index is -1.39. The molecule has 2 aromatic carbocycles. The number of fused-ring (bicyclic) bond motifs is 1. The lowest BCUT2D eigenvalue weighted by Crippen LogP contribution is -2.62. The van der Waals surface area contributed by atoms with E-state index in [4.69, 9.17) is 16.3 Å². The lowest BCUT2D eigenvalue weighted by Gasteiger charge is -2.52. The third kappa shape index (κ3) is 3.23. The van der Waals surface area contributed by atoms with Gasteiger partial charge >= 0.3 is 0 Å². The van der Waals surface area contributed by atoms with Gasteiger partial charge in [0.15, 0.2) is 5.00 Å². The molecule has 0 aliphatic carbocycles. The van der Waals surface area contributed by atoms with Crippen molar-refractivity contribution in [2.45, 2.75) is 37.1 Å². The Bertz CT molecular complexity index is 1050. The number of nitrogens with one attached hydrogen (secondary N) is 1. The second kappa shape index (κ2) is 7.11. The Kier molecular flexibility index (Phi) is 4.73. The van der Waals surface area contributed by atoms with Gasteiger partial charge in [-0.3, -0.25) is 0 Å². The minimum Gasteiger partial charge on any atom is -0.485 e. The van der Waals surface area contributed by atoms with Gasteiger partial charge in [0.1, 0.15) is 23.3 Å². The van der Waals surface area contributed by atoms with Gasteiger partial charge in [0.05, 0.1) is 18.2 Å². The number of aromatic amines is 1. The summed E-state index contributed by atoms with van der Waals surface area (Å²) in [6.45, 7) is 3.92. The minimum absolute atomic E-state index is 0.323. The summed E-state index contributed by atoms with van der Waals surface area (Å²) in [5, 5.41) is 20.8. The van der Waals surface area contributed by atoms with Gasteiger partial charge in [-0.2, -0.15) is 5.26 Å². The number of nitrogens with zero attached hydrogens (tertiary/aromatic N) is 3. The summed E-state index contributed by atoms with van der Waals surface area (Å²) in [5.41, 5.74) is 0.832. The molecule has 4 rings (SSSR count). The Morgan fingerprint density at radius 2 is 2.03 bits per heavy atom. The first kappa shape index (κ1) is 19.3. The topological polar surface area (TPSA) is 85.2 Å². The van der Waals surface area contributed by atoms with E-state index in [1.54, 1.807) is 44.4 Å². The van der Waals surface area contributed by atoms with Crippen LogP contribution in [-0.2, 0) is 11.5 Å². The number of nitriles is 1. The molecule has 1 aliphatic rings. The predicted octanol–water partition coefficient (Wildman–Crippen LogP) is 3.91. The van der Waals surface area contributed by atoms with Crippen LogP contribution in [0.1, 0.15) is 30.8 Å². The molecule has 2 unspecified atom stereocenters. The number of imidazole rings is 1. The quantitative estimate of drug-likeness (QED) is 0.505. The number of hydrogen-bond acceptors (Lipinski definition) is 5. The highest BCUT2D eigenvalue weighted by Gasteiger charge is 2.56. The van der Waals surface area contributed by atoms with Crippen molar-refractivity contribution in [2.75, 3.05) is 4.90 Å². The van der Waals surface area contributed by atoms with Crippen LogP contribution in [0.4, 0.5) is 5.69 Å². The first-order chi connectivity index (χ1) is 13.9. The fraction of sp³-hybridized carbons (Fsp3) is 0.273. The molecule has 0 saturated carbocycles. The van der Waals surface area contributed by atoms with Crippen LogP contribution >= 0.6 is 11.6 Å². The van der Waals surface area contributed by atoms with E-state index in [2.05, 4.69) is 16.0 Å². The number of hydrogen-bond donors (Lipinski definition) is 2. The van der Waals surface area contributed by atoms with Gasteiger partial charge in [-0.25, -0.2) is 4.98 Å². The molecule has 3 aromatic rings. The predicted molar refractivity (Wildman–Crippen MR) is 111 cm³/mol. The van der Waals surface area contributed by atoms with E-state index in [0.29, 0.717) is 29.2 Å². The molecule has 0 radical (unpaired) electrons. The Morgan fingerprint density at radius 3 is 2.69 bits per heavy atom. The van der Waals surface area contributed by atoms with Crippen molar-refractivity contribution in [3.8, 4) is 11.8 Å². The van der Waals surface area contributed by atoms with Gasteiger partial charge in [0.25, 0.3) is 0 Å². The molecule has 1 aromatic heterocycles. The van der Waals surface area contributed by atoms with Crippen molar-refractivity contribution in [3.63, 3.8) is 0 Å². The summed E-state index contributed by atoms with van der Waals surface area (Å²) in [6, 6.07) is 16.8. The van der Waals surface area contributed by atoms with Gasteiger partial charge in [-0.15, -0.1) is 0 Å². The maximum atomic E-state index is 11.4. The van der Waals surface area contributed by atoms with Gasteiger partial charge in [0.2, 0.25) is 0 Å². The number of aliphatic hydroxyl groups excluding tert-OH is 1. The van der Waals surface area contributed by atoms with E-state index >= 15 is 0 Å². The van der Waals surface area contributed by atoms with E-state index in [-0.39, 0.29) is 0 Å². The summed E-state index contributed by atoms with van der Waals surface area (Å²) in [5.74, 6) is 1.23. The molecule has 148 valence electrons. The van der Waals surface area contributed by atoms with Crippen LogP contribution in [0.3, 0.4) is 0 Å². The number of aliphatic hydroxyl groups is 1. The number of anilines is 1. The number of benzene rings is 2. The monoisotopic (exact) mass is 408 g/mol. The van der Waals surface area contributed by atoms with E-state index in [0.717, 1.165) is 5.69 Å². The number of alkyl halides is 1. The van der Waals surface area contributed by atoms with Crippen molar-refractivity contribution in [1.82, 2.24) is 9.97 Å². The summed E-state index contributed by atoms with van der Waals surface area (Å²) in [4.78, 5) is 7.94. The third-order valence-corrected chi connectivity index (χ3v) is 5.82. The van der Waals surface area contributed by atoms with Gasteiger partial charge in [-0.05, 0) is 44.2 Å². The zero-order chi connectivity index (χ0) is 20.6. The van der Waals surface area contributed by atoms with Crippen molar-refractivity contribution < 1.29 is 9.84 Å². The summed E-state index contributed by atoms with van der Waals surface area (Å²) < 4.78 is 6.05. The molecular weight excluding hydrogens is 388 g/mol. The van der Waals surface area contributed by atoms with Crippen LogP contribution < -0.4 is 9.64 Å². The average Bonchev–Trinajstić information content (AvgIpc) is 3.24. The van der Waals surface area contributed by atoms with Gasteiger partial charge < -0.3 is 19.7 Å². The maximum absolute atomic E-state index is 11.4. The van der Waals surface area contributed by atoms with Crippen LogP contribution in [0.2, 0.25) is 0 Å². The normalized spacial score (nSPS) is 22.2. The molecular formula is C22H21ClN4O2. The molecule has 29 heavy (non-hydrogen) atoms. The third-order valence-electron chi connectivity index (χ3n) is 5.20. The second-order valence-electron chi connectivity index (χ2n) is 7.56. The molecule has 1 aliphatic heterocycles. The number of para-hydroxylation sites is 1. The lowest BCUT2D eigenvalue weighted by atomic mass is 9.84.